The number of ether oxygens (including phenoxy) is 1. The molecule has 1 aromatic carbocycles. The molecule has 1 atom stereocenters. The fraction of sp³-hybridized carbons (Fsp3) is 0.538. The van der Waals surface area contributed by atoms with Crippen molar-refractivity contribution in [2.75, 3.05) is 6.61 Å². The van der Waals surface area contributed by atoms with Crippen LogP contribution in [0, 0.1) is 0 Å². The number of hydrogen-bond donors (Lipinski definition) is 2. The molecule has 1 aliphatic carbocycles. The molecule has 1 aliphatic rings. The van der Waals surface area contributed by atoms with E-state index < -0.39 is 18.9 Å². The second kappa shape index (κ2) is 6.20. The monoisotopic (exact) mass is 309 g/mol. The number of hydrogen-bond acceptors (Lipinski definition) is 3. The average Bonchev–Trinajstić information content (AvgIpc) is 3.17. The molecule has 2 rings (SSSR count). The number of aliphatic hydroxyl groups excluding tert-OH is 1. The van der Waals surface area contributed by atoms with Gasteiger partial charge in [-0.25, -0.2) is 0 Å². The second-order valence-corrected chi connectivity index (χ2v) is 5.21. The quantitative estimate of drug-likeness (QED) is 0.849. The largest absolute Gasteiger partial charge is 0.490 e. The molecular weight excluding hydrogens is 295 g/mol. The topological polar surface area (TPSA) is 41.5 Å². The van der Waals surface area contributed by atoms with Crippen molar-refractivity contribution in [3.8, 4) is 5.75 Å². The Balaban J connectivity index is 1.98. The molecule has 0 amide bonds. The third-order valence-corrected chi connectivity index (χ3v) is 3.19. The molecule has 0 radical (unpaired) electrons. The van der Waals surface area contributed by atoms with Crippen molar-refractivity contribution in [2.45, 2.75) is 37.7 Å². The van der Waals surface area contributed by atoms with E-state index in [1.54, 1.807) is 6.07 Å². The van der Waals surface area contributed by atoms with Crippen LogP contribution >= 0.6 is 11.6 Å². The molecule has 3 nitrogen and oxygen atoms in total. The first-order chi connectivity index (χ1) is 9.36. The Kier molecular flexibility index (Phi) is 4.78. The Morgan fingerprint density at radius 2 is 2.10 bits per heavy atom. The summed E-state index contributed by atoms with van der Waals surface area (Å²) in [4.78, 5) is 0. The summed E-state index contributed by atoms with van der Waals surface area (Å²) in [6.45, 7) is -0.357. The van der Waals surface area contributed by atoms with Crippen LogP contribution in [0.25, 0.3) is 0 Å². The standard InChI is InChI=1S/C13H15ClF3NO2/c14-9-1-4-11(20-7-12(19)13(15,16)17)8(5-9)6-18-10-2-3-10/h1,4-5,10,12,18-19H,2-3,6-7H2. The van der Waals surface area contributed by atoms with Crippen LogP contribution in [0.4, 0.5) is 13.2 Å². The van der Waals surface area contributed by atoms with Crippen LogP contribution in [0.15, 0.2) is 18.2 Å². The van der Waals surface area contributed by atoms with E-state index in [2.05, 4.69) is 5.32 Å². The van der Waals surface area contributed by atoms with Crippen LogP contribution in [0.1, 0.15) is 18.4 Å². The van der Waals surface area contributed by atoms with E-state index in [1.807, 2.05) is 0 Å². The van der Waals surface area contributed by atoms with Gasteiger partial charge >= 0.3 is 6.18 Å². The number of aliphatic hydroxyl groups is 1. The minimum absolute atomic E-state index is 0.297. The molecule has 0 spiro atoms. The highest BCUT2D eigenvalue weighted by molar-refractivity contribution is 6.30. The fourth-order valence-electron chi connectivity index (χ4n) is 1.63. The van der Waals surface area contributed by atoms with Gasteiger partial charge in [0.2, 0.25) is 0 Å². The second-order valence-electron chi connectivity index (χ2n) is 4.78. The molecule has 112 valence electrons. The number of rotatable bonds is 6. The lowest BCUT2D eigenvalue weighted by atomic mass is 10.2. The predicted octanol–water partition coefficient (Wildman–Crippen LogP) is 2.89. The molecule has 0 bridgehead atoms. The van der Waals surface area contributed by atoms with Gasteiger partial charge < -0.3 is 15.2 Å². The zero-order valence-electron chi connectivity index (χ0n) is 10.6. The number of nitrogens with one attached hydrogen (secondary N) is 1. The summed E-state index contributed by atoms with van der Waals surface area (Å²) in [7, 11) is 0. The van der Waals surface area contributed by atoms with E-state index in [0.29, 0.717) is 28.9 Å². The van der Waals surface area contributed by atoms with Crippen molar-refractivity contribution in [1.29, 1.82) is 0 Å². The molecule has 2 N–H and O–H groups in total. The number of benzene rings is 1. The molecule has 7 heteroatoms. The van der Waals surface area contributed by atoms with Gasteiger partial charge in [-0.1, -0.05) is 11.6 Å². The first kappa shape index (κ1) is 15.4. The van der Waals surface area contributed by atoms with Crippen LogP contribution in [0.3, 0.4) is 0 Å². The predicted molar refractivity (Wildman–Crippen MR) is 68.9 cm³/mol. The minimum Gasteiger partial charge on any atom is -0.490 e. The third-order valence-electron chi connectivity index (χ3n) is 2.96. The van der Waals surface area contributed by atoms with E-state index in [1.165, 1.54) is 12.1 Å². The molecule has 1 saturated carbocycles. The van der Waals surface area contributed by atoms with E-state index in [4.69, 9.17) is 21.4 Å². The van der Waals surface area contributed by atoms with E-state index in [9.17, 15) is 13.2 Å². The van der Waals surface area contributed by atoms with Crippen molar-refractivity contribution in [2.24, 2.45) is 0 Å². The third kappa shape index (κ3) is 4.54. The Morgan fingerprint density at radius 1 is 1.40 bits per heavy atom. The van der Waals surface area contributed by atoms with Gasteiger partial charge in [0.25, 0.3) is 0 Å². The fourth-order valence-corrected chi connectivity index (χ4v) is 1.83. The Morgan fingerprint density at radius 3 is 2.70 bits per heavy atom. The van der Waals surface area contributed by atoms with Crippen molar-refractivity contribution in [1.82, 2.24) is 5.32 Å². The van der Waals surface area contributed by atoms with Gasteiger partial charge in [-0.05, 0) is 31.0 Å². The molecule has 0 aliphatic heterocycles. The molecule has 1 fully saturated rings. The maximum absolute atomic E-state index is 12.2. The summed E-state index contributed by atoms with van der Waals surface area (Å²) < 4.78 is 41.7. The highest BCUT2D eigenvalue weighted by Gasteiger charge is 2.38. The lowest BCUT2D eigenvalue weighted by Crippen LogP contribution is -2.34. The van der Waals surface area contributed by atoms with Gasteiger partial charge in [-0.15, -0.1) is 0 Å². The minimum atomic E-state index is -4.68. The molecule has 20 heavy (non-hydrogen) atoms. The van der Waals surface area contributed by atoms with Gasteiger partial charge in [0.15, 0.2) is 6.10 Å². The van der Waals surface area contributed by atoms with Crippen LogP contribution in [0.5, 0.6) is 5.75 Å². The van der Waals surface area contributed by atoms with E-state index in [-0.39, 0.29) is 0 Å². The van der Waals surface area contributed by atoms with Crippen LogP contribution in [-0.4, -0.2) is 30.0 Å². The van der Waals surface area contributed by atoms with Crippen molar-refractivity contribution < 1.29 is 23.0 Å². The van der Waals surface area contributed by atoms with Crippen molar-refractivity contribution in [3.63, 3.8) is 0 Å². The van der Waals surface area contributed by atoms with Crippen molar-refractivity contribution in [3.05, 3.63) is 28.8 Å². The van der Waals surface area contributed by atoms with Crippen LogP contribution < -0.4 is 10.1 Å². The van der Waals surface area contributed by atoms with Crippen molar-refractivity contribution >= 4 is 11.6 Å². The lowest BCUT2D eigenvalue weighted by molar-refractivity contribution is -0.210. The summed E-state index contributed by atoms with van der Waals surface area (Å²) in [6.07, 6.45) is -4.98. The SMILES string of the molecule is OC(COc1ccc(Cl)cc1CNC1CC1)C(F)(F)F. The summed E-state index contributed by atoms with van der Waals surface area (Å²) in [6, 6.07) is 5.15. The molecule has 1 unspecified atom stereocenters. The van der Waals surface area contributed by atoms with E-state index >= 15 is 0 Å². The molecule has 0 heterocycles. The summed E-state index contributed by atoms with van der Waals surface area (Å²) in [5.74, 6) is 0.297. The zero-order valence-corrected chi connectivity index (χ0v) is 11.3. The van der Waals surface area contributed by atoms with Gasteiger partial charge in [0.05, 0.1) is 0 Å². The Bertz CT molecular complexity index is 463. The van der Waals surface area contributed by atoms with E-state index in [0.717, 1.165) is 12.8 Å². The lowest BCUT2D eigenvalue weighted by Gasteiger charge is -2.17. The zero-order chi connectivity index (χ0) is 14.8. The summed E-state index contributed by atoms with van der Waals surface area (Å²) in [5, 5.41) is 12.7. The Hall–Kier alpha value is -0.980. The van der Waals surface area contributed by atoms with Gasteiger partial charge in [-0.3, -0.25) is 0 Å². The highest BCUT2D eigenvalue weighted by atomic mass is 35.5. The summed E-state index contributed by atoms with van der Waals surface area (Å²) >= 11 is 5.87. The number of alkyl halides is 3. The average molecular weight is 310 g/mol. The van der Waals surface area contributed by atoms with Crippen LogP contribution in [0.2, 0.25) is 5.02 Å². The smallest absolute Gasteiger partial charge is 0.417 e. The normalized spacial score (nSPS) is 17.1. The van der Waals surface area contributed by atoms with Crippen LogP contribution in [-0.2, 0) is 6.54 Å². The Labute approximate surface area is 119 Å². The molecule has 0 saturated heterocycles. The number of halogens is 4. The van der Waals surface area contributed by atoms with Gasteiger partial charge in [-0.2, -0.15) is 13.2 Å². The molecular formula is C13H15ClF3NO2. The first-order valence-electron chi connectivity index (χ1n) is 6.25. The first-order valence-corrected chi connectivity index (χ1v) is 6.63. The van der Waals surface area contributed by atoms with Gasteiger partial charge in [0.1, 0.15) is 12.4 Å². The van der Waals surface area contributed by atoms with Gasteiger partial charge in [0, 0.05) is 23.2 Å². The molecule has 1 aromatic rings. The summed E-state index contributed by atoms with van der Waals surface area (Å²) in [5.41, 5.74) is 0.679. The highest BCUT2D eigenvalue weighted by Crippen LogP contribution is 2.27. The maximum atomic E-state index is 12.2. The maximum Gasteiger partial charge on any atom is 0.417 e. The molecule has 0 aromatic heterocycles.